The van der Waals surface area contributed by atoms with Crippen molar-refractivity contribution in [3.8, 4) is 34.2 Å². The molecule has 162 valence electrons. The van der Waals surface area contributed by atoms with Gasteiger partial charge in [0.05, 0.1) is 30.9 Å². The molecular formula is C26H25FN4O. The second kappa shape index (κ2) is 9.63. The van der Waals surface area contributed by atoms with Crippen LogP contribution in [0, 0.1) is 24.1 Å². The van der Waals surface area contributed by atoms with Crippen LogP contribution in [0.25, 0.3) is 27.9 Å². The van der Waals surface area contributed by atoms with Gasteiger partial charge >= 0.3 is 0 Å². The van der Waals surface area contributed by atoms with Crippen molar-refractivity contribution < 1.29 is 9.13 Å². The molecular weight excluding hydrogens is 403 g/mol. The Morgan fingerprint density at radius 3 is 2.38 bits per heavy atom. The monoisotopic (exact) mass is 428 g/mol. The molecule has 6 heteroatoms. The number of halogens is 1. The van der Waals surface area contributed by atoms with E-state index in [4.69, 9.17) is 10.00 Å². The summed E-state index contributed by atoms with van der Waals surface area (Å²) in [6, 6.07) is 16.5. The Kier molecular flexibility index (Phi) is 6.48. The fourth-order valence-electron chi connectivity index (χ4n) is 3.85. The molecule has 2 aromatic carbocycles. The first-order chi connectivity index (χ1) is 15.6. The van der Waals surface area contributed by atoms with Crippen molar-refractivity contribution in [1.29, 1.82) is 5.26 Å². The zero-order chi connectivity index (χ0) is 22.5. The number of methoxy groups -OCH3 is 1. The minimum atomic E-state index is -0.547. The molecule has 0 bridgehead atoms. The molecule has 1 aliphatic rings. The summed E-state index contributed by atoms with van der Waals surface area (Å²) in [5.41, 5.74) is 5.32. The molecule has 0 amide bonds. The summed E-state index contributed by atoms with van der Waals surface area (Å²) in [4.78, 5) is 4.26. The molecule has 1 aliphatic heterocycles. The quantitative estimate of drug-likeness (QED) is 0.477. The van der Waals surface area contributed by atoms with Crippen molar-refractivity contribution in [3.63, 3.8) is 0 Å². The number of aromatic nitrogens is 2. The maximum Gasteiger partial charge on any atom is 0.145 e. The molecule has 3 heterocycles. The highest BCUT2D eigenvalue weighted by atomic mass is 19.1. The molecule has 2 aromatic heterocycles. The fraction of sp³-hybridized carbons (Fsp3) is 0.231. The van der Waals surface area contributed by atoms with Crippen molar-refractivity contribution in [3.05, 3.63) is 78.0 Å². The van der Waals surface area contributed by atoms with Gasteiger partial charge in [0, 0.05) is 5.56 Å². The molecule has 1 N–H and O–H groups in total. The number of nitriles is 1. The zero-order valence-electron chi connectivity index (χ0n) is 18.2. The molecule has 4 aromatic rings. The van der Waals surface area contributed by atoms with Gasteiger partial charge in [0.2, 0.25) is 0 Å². The Balaban J connectivity index is 0.000000433. The number of rotatable bonds is 3. The minimum absolute atomic E-state index is 0.0197. The van der Waals surface area contributed by atoms with Crippen LogP contribution in [-0.4, -0.2) is 29.6 Å². The fourth-order valence-corrected chi connectivity index (χ4v) is 3.85. The minimum Gasteiger partial charge on any atom is -0.494 e. The van der Waals surface area contributed by atoms with Gasteiger partial charge in [0.25, 0.3) is 0 Å². The number of hydrogen-bond donors (Lipinski definition) is 1. The van der Waals surface area contributed by atoms with E-state index in [1.165, 1.54) is 38.1 Å². The highest BCUT2D eigenvalue weighted by Gasteiger charge is 2.17. The van der Waals surface area contributed by atoms with Crippen LogP contribution in [0.5, 0.6) is 5.75 Å². The number of fused-ring (bicyclic) bond motifs is 1. The lowest BCUT2D eigenvalue weighted by Crippen LogP contribution is -2.03. The summed E-state index contributed by atoms with van der Waals surface area (Å²) in [5, 5.41) is 12.2. The van der Waals surface area contributed by atoms with E-state index in [1.807, 2.05) is 47.7 Å². The van der Waals surface area contributed by atoms with Crippen LogP contribution >= 0.6 is 0 Å². The number of aryl methyl sites for hydroxylation is 1. The zero-order valence-corrected chi connectivity index (χ0v) is 18.2. The number of hydrogen-bond acceptors (Lipinski definition) is 4. The molecule has 1 saturated heterocycles. The van der Waals surface area contributed by atoms with Gasteiger partial charge in [-0.2, -0.15) is 5.26 Å². The van der Waals surface area contributed by atoms with Gasteiger partial charge in [-0.15, -0.1) is 0 Å². The largest absolute Gasteiger partial charge is 0.494 e. The van der Waals surface area contributed by atoms with Crippen LogP contribution in [0.3, 0.4) is 0 Å². The molecule has 32 heavy (non-hydrogen) atoms. The summed E-state index contributed by atoms with van der Waals surface area (Å²) in [6.45, 7) is 4.53. The Bertz CT molecular complexity index is 1260. The summed E-state index contributed by atoms with van der Waals surface area (Å²) >= 11 is 0. The van der Waals surface area contributed by atoms with Crippen LogP contribution in [0.4, 0.5) is 4.39 Å². The lowest BCUT2D eigenvalue weighted by atomic mass is 9.97. The average molecular weight is 429 g/mol. The topological polar surface area (TPSA) is 62.3 Å². The second-order valence-corrected chi connectivity index (χ2v) is 7.75. The molecule has 0 aliphatic carbocycles. The van der Waals surface area contributed by atoms with Gasteiger partial charge in [-0.3, -0.25) is 4.40 Å². The third-order valence-corrected chi connectivity index (χ3v) is 5.56. The molecule has 1 fully saturated rings. The second-order valence-electron chi connectivity index (χ2n) is 7.75. The first-order valence-electron chi connectivity index (χ1n) is 10.6. The van der Waals surface area contributed by atoms with E-state index in [1.54, 1.807) is 25.7 Å². The molecule has 0 atom stereocenters. The summed E-state index contributed by atoms with van der Waals surface area (Å²) in [7, 11) is 1.59. The Labute approximate surface area is 187 Å². The molecule has 0 saturated carbocycles. The van der Waals surface area contributed by atoms with Crippen LogP contribution in [0.1, 0.15) is 24.0 Å². The standard InChI is InChI=1S/C22H16FN3O.C4H9N/c1-14-3-5-15(6-4-14)22-18(16-7-8-17(11-24)19(23)9-16)10-21(27-2)20-12-25-13-26(20)22;1-2-4-5-3-1/h3-10,12-13H,1-2H3;5H,1-4H2. The van der Waals surface area contributed by atoms with E-state index in [-0.39, 0.29) is 5.56 Å². The smallest absolute Gasteiger partial charge is 0.145 e. The van der Waals surface area contributed by atoms with E-state index >= 15 is 0 Å². The van der Waals surface area contributed by atoms with Crippen molar-refractivity contribution in [2.24, 2.45) is 0 Å². The predicted molar refractivity (Wildman–Crippen MR) is 124 cm³/mol. The Hall–Kier alpha value is -3.69. The van der Waals surface area contributed by atoms with Gasteiger partial charge < -0.3 is 10.1 Å². The third-order valence-electron chi connectivity index (χ3n) is 5.56. The Morgan fingerprint density at radius 2 is 1.78 bits per heavy atom. The highest BCUT2D eigenvalue weighted by Crippen LogP contribution is 2.38. The van der Waals surface area contributed by atoms with Crippen molar-refractivity contribution in [2.75, 3.05) is 20.2 Å². The number of pyridine rings is 1. The summed E-state index contributed by atoms with van der Waals surface area (Å²) in [5.74, 6) is 0.0951. The highest BCUT2D eigenvalue weighted by molar-refractivity contribution is 5.86. The number of benzene rings is 2. The molecule has 5 rings (SSSR count). The molecule has 5 nitrogen and oxygen atoms in total. The van der Waals surface area contributed by atoms with Crippen LogP contribution < -0.4 is 10.1 Å². The normalized spacial score (nSPS) is 12.8. The van der Waals surface area contributed by atoms with E-state index in [0.717, 1.165) is 27.9 Å². The van der Waals surface area contributed by atoms with Gasteiger partial charge in [-0.25, -0.2) is 9.37 Å². The van der Waals surface area contributed by atoms with Crippen LogP contribution in [-0.2, 0) is 0 Å². The van der Waals surface area contributed by atoms with Crippen molar-refractivity contribution in [2.45, 2.75) is 19.8 Å². The number of ether oxygens (including phenoxy) is 1. The first kappa shape index (κ1) is 21.5. The number of nitrogens with one attached hydrogen (secondary N) is 1. The van der Waals surface area contributed by atoms with E-state index < -0.39 is 5.82 Å². The SMILES string of the molecule is C1CCNC1.COc1cc(-c2ccc(C#N)c(F)c2)c(-c2ccc(C)cc2)n2cncc12. The lowest BCUT2D eigenvalue weighted by Gasteiger charge is -2.16. The molecule has 0 spiro atoms. The maximum absolute atomic E-state index is 14.3. The van der Waals surface area contributed by atoms with Crippen LogP contribution in [0.15, 0.2) is 61.1 Å². The number of imidazole rings is 1. The van der Waals surface area contributed by atoms with Crippen LogP contribution in [0.2, 0.25) is 0 Å². The Morgan fingerprint density at radius 1 is 1.06 bits per heavy atom. The maximum atomic E-state index is 14.3. The lowest BCUT2D eigenvalue weighted by molar-refractivity contribution is 0.418. The predicted octanol–water partition coefficient (Wildman–Crippen LogP) is 5.37. The van der Waals surface area contributed by atoms with Crippen molar-refractivity contribution >= 4 is 5.52 Å². The van der Waals surface area contributed by atoms with Gasteiger partial charge in [0.15, 0.2) is 0 Å². The average Bonchev–Trinajstić information content (AvgIpc) is 3.54. The first-order valence-corrected chi connectivity index (χ1v) is 10.6. The van der Waals surface area contributed by atoms with Gasteiger partial charge in [0.1, 0.15) is 23.2 Å². The summed E-state index contributed by atoms with van der Waals surface area (Å²) in [6.07, 6.45) is 6.23. The third kappa shape index (κ3) is 4.34. The van der Waals surface area contributed by atoms with Gasteiger partial charge in [-0.05, 0) is 62.2 Å². The van der Waals surface area contributed by atoms with E-state index in [2.05, 4.69) is 10.3 Å². The number of nitrogens with zero attached hydrogens (tertiary/aromatic N) is 3. The van der Waals surface area contributed by atoms with Gasteiger partial charge in [-0.1, -0.05) is 35.9 Å². The summed E-state index contributed by atoms with van der Waals surface area (Å²) < 4.78 is 21.8. The van der Waals surface area contributed by atoms with E-state index in [9.17, 15) is 4.39 Å². The molecule has 0 radical (unpaired) electrons. The van der Waals surface area contributed by atoms with Crippen molar-refractivity contribution in [1.82, 2.24) is 14.7 Å². The van der Waals surface area contributed by atoms with E-state index in [0.29, 0.717) is 11.3 Å². The molecule has 0 unspecified atom stereocenters.